The molecule has 0 radical (unpaired) electrons. The Bertz CT molecular complexity index is 509. The molecule has 5 nitrogen and oxygen atoms in total. The molecule has 0 aromatic rings. The lowest BCUT2D eigenvalue weighted by molar-refractivity contribution is -0.170. The standard InChI is InChI=1S/C24H42O5/c1-17(2)23(5)11-7-9-19(13-23)27-15-21(25)29-22(26)16-28-20-10-8-12-24(6,14-20)18(3)4/h17-20H,7-16H2,1-6H3. The summed E-state index contributed by atoms with van der Waals surface area (Å²) in [7, 11) is 0. The SMILES string of the molecule is CC(C)C1(C)CCCC(OCC(=O)OC(=O)COC2CCCC(C)(C(C)C)C2)C1. The topological polar surface area (TPSA) is 61.8 Å². The number of hydrogen-bond donors (Lipinski definition) is 0. The van der Waals surface area contributed by atoms with Crippen molar-refractivity contribution >= 4 is 11.9 Å². The predicted molar refractivity (Wildman–Crippen MR) is 113 cm³/mol. The Hall–Kier alpha value is -0.940. The van der Waals surface area contributed by atoms with Crippen LogP contribution in [-0.2, 0) is 23.8 Å². The number of esters is 2. The Morgan fingerprint density at radius 2 is 1.17 bits per heavy atom. The van der Waals surface area contributed by atoms with E-state index in [1.54, 1.807) is 0 Å². The number of hydrogen-bond acceptors (Lipinski definition) is 5. The molecule has 4 unspecified atom stereocenters. The van der Waals surface area contributed by atoms with Gasteiger partial charge in [0.15, 0.2) is 0 Å². The Labute approximate surface area is 177 Å². The highest BCUT2D eigenvalue weighted by Crippen LogP contribution is 2.43. The molecule has 5 heteroatoms. The highest BCUT2D eigenvalue weighted by Gasteiger charge is 2.36. The van der Waals surface area contributed by atoms with Gasteiger partial charge in [-0.2, -0.15) is 0 Å². The first-order valence-corrected chi connectivity index (χ1v) is 11.5. The van der Waals surface area contributed by atoms with Gasteiger partial charge in [0.25, 0.3) is 0 Å². The summed E-state index contributed by atoms with van der Waals surface area (Å²) in [6, 6.07) is 0. The van der Waals surface area contributed by atoms with E-state index in [0.717, 1.165) is 38.5 Å². The molecule has 2 fully saturated rings. The molecule has 0 saturated heterocycles. The molecule has 0 aromatic heterocycles. The molecule has 0 bridgehead atoms. The predicted octanol–water partition coefficient (Wildman–Crippen LogP) is 5.30. The van der Waals surface area contributed by atoms with Crippen molar-refractivity contribution in [3.63, 3.8) is 0 Å². The Morgan fingerprint density at radius 3 is 1.52 bits per heavy atom. The summed E-state index contributed by atoms with van der Waals surface area (Å²) in [6.45, 7) is 13.2. The van der Waals surface area contributed by atoms with E-state index >= 15 is 0 Å². The zero-order valence-electron chi connectivity index (χ0n) is 19.4. The van der Waals surface area contributed by atoms with Gasteiger partial charge in [0, 0.05) is 0 Å². The normalized spacial score (nSPS) is 33.1. The summed E-state index contributed by atoms with van der Waals surface area (Å²) < 4.78 is 16.4. The Balaban J connectivity index is 1.68. The fourth-order valence-corrected chi connectivity index (χ4v) is 4.81. The van der Waals surface area contributed by atoms with Crippen molar-refractivity contribution in [3.8, 4) is 0 Å². The second kappa shape index (κ2) is 10.4. The summed E-state index contributed by atoms with van der Waals surface area (Å²) in [4.78, 5) is 24.0. The maximum Gasteiger partial charge on any atom is 0.339 e. The lowest BCUT2D eigenvalue weighted by atomic mass is 9.67. The maximum atomic E-state index is 12.0. The van der Waals surface area contributed by atoms with Crippen LogP contribution in [0.15, 0.2) is 0 Å². The van der Waals surface area contributed by atoms with Crippen molar-refractivity contribution in [1.82, 2.24) is 0 Å². The average molecular weight is 411 g/mol. The van der Waals surface area contributed by atoms with E-state index in [0.29, 0.717) is 11.8 Å². The number of carbonyl (C=O) groups excluding carboxylic acids is 2. The highest BCUT2D eigenvalue weighted by atomic mass is 16.6. The maximum absolute atomic E-state index is 12.0. The molecule has 2 aliphatic carbocycles. The third kappa shape index (κ3) is 7.06. The van der Waals surface area contributed by atoms with Crippen LogP contribution in [0.25, 0.3) is 0 Å². The van der Waals surface area contributed by atoms with Crippen molar-refractivity contribution in [1.29, 1.82) is 0 Å². The highest BCUT2D eigenvalue weighted by molar-refractivity contribution is 5.86. The van der Waals surface area contributed by atoms with Crippen molar-refractivity contribution in [3.05, 3.63) is 0 Å². The summed E-state index contributed by atoms with van der Waals surface area (Å²) in [5.74, 6) is -0.0778. The van der Waals surface area contributed by atoms with Crippen molar-refractivity contribution in [2.24, 2.45) is 22.7 Å². The minimum atomic E-state index is -0.619. The van der Waals surface area contributed by atoms with E-state index in [4.69, 9.17) is 14.2 Å². The van der Waals surface area contributed by atoms with Gasteiger partial charge >= 0.3 is 11.9 Å². The molecular weight excluding hydrogens is 368 g/mol. The first-order chi connectivity index (χ1) is 13.5. The third-order valence-electron chi connectivity index (χ3n) is 7.83. The minimum Gasteiger partial charge on any atom is -0.390 e. The summed E-state index contributed by atoms with van der Waals surface area (Å²) in [5.41, 5.74) is 0.502. The molecule has 0 heterocycles. The van der Waals surface area contributed by atoms with Gasteiger partial charge in [0.2, 0.25) is 0 Å². The molecule has 4 atom stereocenters. The zero-order chi connectivity index (χ0) is 21.7. The monoisotopic (exact) mass is 410 g/mol. The first-order valence-electron chi connectivity index (χ1n) is 11.5. The average Bonchev–Trinajstić information content (AvgIpc) is 2.65. The molecule has 0 aromatic carbocycles. The van der Waals surface area contributed by atoms with Crippen LogP contribution in [0.3, 0.4) is 0 Å². The van der Waals surface area contributed by atoms with Crippen LogP contribution in [-0.4, -0.2) is 37.4 Å². The van der Waals surface area contributed by atoms with Gasteiger partial charge in [0.1, 0.15) is 13.2 Å². The van der Waals surface area contributed by atoms with Gasteiger partial charge in [-0.3, -0.25) is 0 Å². The second-order valence-electron chi connectivity index (χ2n) is 10.5. The van der Waals surface area contributed by atoms with E-state index in [2.05, 4.69) is 41.5 Å². The summed E-state index contributed by atoms with van der Waals surface area (Å²) >= 11 is 0. The van der Waals surface area contributed by atoms with Gasteiger partial charge in [-0.05, 0) is 61.2 Å². The Kier molecular flexibility index (Phi) is 8.72. The minimum absolute atomic E-state index is 0.0611. The Morgan fingerprint density at radius 1 is 0.793 bits per heavy atom. The fourth-order valence-electron chi connectivity index (χ4n) is 4.81. The van der Waals surface area contributed by atoms with Crippen LogP contribution < -0.4 is 0 Å². The van der Waals surface area contributed by atoms with E-state index in [9.17, 15) is 9.59 Å². The van der Waals surface area contributed by atoms with Gasteiger partial charge in [0.05, 0.1) is 12.2 Å². The smallest absolute Gasteiger partial charge is 0.339 e. The second-order valence-corrected chi connectivity index (χ2v) is 10.5. The van der Waals surface area contributed by atoms with Crippen molar-refractivity contribution < 1.29 is 23.8 Å². The van der Waals surface area contributed by atoms with Crippen molar-refractivity contribution in [2.75, 3.05) is 13.2 Å². The van der Waals surface area contributed by atoms with Gasteiger partial charge in [-0.1, -0.05) is 54.4 Å². The van der Waals surface area contributed by atoms with E-state index < -0.39 is 11.9 Å². The largest absolute Gasteiger partial charge is 0.390 e. The van der Waals surface area contributed by atoms with E-state index in [1.165, 1.54) is 12.8 Å². The van der Waals surface area contributed by atoms with Crippen LogP contribution in [0.4, 0.5) is 0 Å². The quantitative estimate of drug-likeness (QED) is 0.401. The molecular formula is C24H42O5. The molecule has 0 aliphatic heterocycles. The lowest BCUT2D eigenvalue weighted by Gasteiger charge is -2.41. The first kappa shape index (κ1) is 24.3. The number of rotatable bonds is 8. The molecule has 0 spiro atoms. The summed E-state index contributed by atoms with van der Waals surface area (Å²) in [6.07, 6.45) is 8.55. The number of ether oxygens (including phenoxy) is 3. The molecule has 168 valence electrons. The molecule has 2 rings (SSSR count). The fraction of sp³-hybridized carbons (Fsp3) is 0.917. The van der Waals surface area contributed by atoms with Gasteiger partial charge < -0.3 is 14.2 Å². The van der Waals surface area contributed by atoms with E-state index in [1.807, 2.05) is 0 Å². The van der Waals surface area contributed by atoms with Gasteiger partial charge in [-0.15, -0.1) is 0 Å². The van der Waals surface area contributed by atoms with Crippen LogP contribution in [0.2, 0.25) is 0 Å². The molecule has 0 amide bonds. The number of carbonyl (C=O) groups is 2. The van der Waals surface area contributed by atoms with E-state index in [-0.39, 0.29) is 36.3 Å². The van der Waals surface area contributed by atoms with Crippen molar-refractivity contribution in [2.45, 2.75) is 105 Å². The van der Waals surface area contributed by atoms with Gasteiger partial charge in [-0.25, -0.2) is 9.59 Å². The lowest BCUT2D eigenvalue weighted by Crippen LogP contribution is -2.36. The van der Waals surface area contributed by atoms with Crippen LogP contribution in [0.1, 0.15) is 92.9 Å². The third-order valence-corrected chi connectivity index (χ3v) is 7.83. The molecule has 0 N–H and O–H groups in total. The molecule has 2 saturated carbocycles. The molecule has 2 aliphatic rings. The zero-order valence-corrected chi connectivity index (χ0v) is 19.4. The van der Waals surface area contributed by atoms with Crippen LogP contribution >= 0.6 is 0 Å². The van der Waals surface area contributed by atoms with Crippen LogP contribution in [0.5, 0.6) is 0 Å². The van der Waals surface area contributed by atoms with Crippen LogP contribution in [0, 0.1) is 22.7 Å². The summed E-state index contributed by atoms with van der Waals surface area (Å²) in [5, 5.41) is 0. The molecule has 29 heavy (non-hydrogen) atoms.